The molecule has 4 amide bonds. The molecule has 0 saturated carbocycles. The third kappa shape index (κ3) is 3.35. The third-order valence-corrected chi connectivity index (χ3v) is 9.01. The van der Waals surface area contributed by atoms with E-state index in [1.54, 1.807) is 24.3 Å². The van der Waals surface area contributed by atoms with Crippen LogP contribution in [0.25, 0.3) is 0 Å². The molecule has 3 aromatic carbocycles. The van der Waals surface area contributed by atoms with Gasteiger partial charge in [-0.15, -0.1) is 23.2 Å². The van der Waals surface area contributed by atoms with E-state index in [2.05, 4.69) is 10.6 Å². The highest BCUT2D eigenvalue weighted by atomic mass is 35.5. The molecule has 2 bridgehead atoms. The van der Waals surface area contributed by atoms with Crippen molar-refractivity contribution in [3.05, 3.63) is 95.1 Å². The molecule has 3 aliphatic carbocycles. The Morgan fingerprint density at radius 3 is 1.53 bits per heavy atom. The van der Waals surface area contributed by atoms with Gasteiger partial charge in [0.2, 0.25) is 23.6 Å². The number of carbonyl (C=O) groups excluding carboxylic acids is 4. The van der Waals surface area contributed by atoms with Gasteiger partial charge in [0.1, 0.15) is 9.75 Å². The van der Waals surface area contributed by atoms with E-state index >= 15 is 0 Å². The molecule has 192 valence electrons. The highest BCUT2D eigenvalue weighted by Crippen LogP contribution is 2.69. The van der Waals surface area contributed by atoms with Crippen LogP contribution < -0.4 is 10.6 Å². The number of rotatable bonds is 5. The van der Waals surface area contributed by atoms with Crippen LogP contribution in [-0.2, 0) is 28.9 Å². The van der Waals surface area contributed by atoms with E-state index in [0.717, 1.165) is 27.2 Å². The number of halogens is 2. The van der Waals surface area contributed by atoms with Crippen molar-refractivity contribution in [2.24, 2.45) is 11.8 Å². The minimum Gasteiger partial charge on any atom is -0.326 e. The van der Waals surface area contributed by atoms with Gasteiger partial charge < -0.3 is 10.6 Å². The number of anilines is 2. The first-order valence-corrected chi connectivity index (χ1v) is 13.0. The van der Waals surface area contributed by atoms with Crippen LogP contribution in [0.2, 0.25) is 0 Å². The number of hydrogen-bond acceptors (Lipinski definition) is 4. The molecule has 3 aromatic rings. The predicted octanol–water partition coefficient (Wildman–Crippen LogP) is 4.57. The quantitative estimate of drug-likeness (QED) is 0.361. The van der Waals surface area contributed by atoms with E-state index < -0.39 is 33.4 Å². The second-order valence-electron chi connectivity index (χ2n) is 9.85. The highest BCUT2D eigenvalue weighted by molar-refractivity contribution is 6.36. The molecule has 0 aromatic heterocycles. The van der Waals surface area contributed by atoms with E-state index in [-0.39, 0.29) is 24.8 Å². The van der Waals surface area contributed by atoms with Gasteiger partial charge in [0.25, 0.3) is 0 Å². The van der Waals surface area contributed by atoms with E-state index in [4.69, 9.17) is 23.2 Å². The van der Waals surface area contributed by atoms with Gasteiger partial charge in [0, 0.05) is 31.3 Å². The van der Waals surface area contributed by atoms with Crippen LogP contribution >= 0.6 is 23.2 Å². The average molecular weight is 548 g/mol. The minimum absolute atomic E-state index is 0.0885. The molecule has 0 radical (unpaired) electrons. The summed E-state index contributed by atoms with van der Waals surface area (Å²) in [5.74, 6) is -3.16. The Balaban J connectivity index is 1.26. The van der Waals surface area contributed by atoms with Crippen molar-refractivity contribution in [3.63, 3.8) is 0 Å². The average Bonchev–Trinajstić information content (AvgIpc) is 3.17. The maximum Gasteiger partial charge on any atom is 0.235 e. The molecule has 7 nitrogen and oxygen atoms in total. The van der Waals surface area contributed by atoms with Crippen molar-refractivity contribution in [1.82, 2.24) is 4.90 Å². The molecule has 1 heterocycles. The zero-order valence-electron chi connectivity index (χ0n) is 20.3. The lowest BCUT2D eigenvalue weighted by Crippen LogP contribution is -2.57. The Morgan fingerprint density at radius 2 is 1.13 bits per heavy atom. The van der Waals surface area contributed by atoms with Gasteiger partial charge in [-0.05, 0) is 46.5 Å². The number of nitrogens with one attached hydrogen (secondary N) is 2. The van der Waals surface area contributed by atoms with Crippen molar-refractivity contribution in [2.75, 3.05) is 17.2 Å². The lowest BCUT2D eigenvalue weighted by Gasteiger charge is -2.54. The molecule has 0 spiro atoms. The normalized spacial score (nSPS) is 26.4. The number of alkyl halides is 2. The molecule has 1 aliphatic heterocycles. The number of nitrogens with zero attached hydrogens (tertiary/aromatic N) is 1. The van der Waals surface area contributed by atoms with E-state index in [0.29, 0.717) is 11.4 Å². The van der Waals surface area contributed by atoms with Crippen molar-refractivity contribution in [3.8, 4) is 0 Å². The summed E-state index contributed by atoms with van der Waals surface area (Å²) in [4.78, 5) is 50.1. The summed E-state index contributed by atoms with van der Waals surface area (Å²) in [6.07, 6.45) is -0.0885. The van der Waals surface area contributed by atoms with Gasteiger partial charge in [-0.25, -0.2) is 0 Å². The number of likely N-dealkylation sites (tertiary alicyclic amines) is 1. The van der Waals surface area contributed by atoms with Gasteiger partial charge in [0.15, 0.2) is 0 Å². The molecule has 1 saturated heterocycles. The number of hydrogen-bond donors (Lipinski definition) is 2. The summed E-state index contributed by atoms with van der Waals surface area (Å²) in [5, 5.41) is 5.42. The van der Waals surface area contributed by atoms with Gasteiger partial charge in [-0.3, -0.25) is 24.1 Å². The minimum atomic E-state index is -1.24. The zero-order valence-corrected chi connectivity index (χ0v) is 21.8. The Morgan fingerprint density at radius 1 is 0.737 bits per heavy atom. The first kappa shape index (κ1) is 24.6. The standard InChI is InChI=1S/C29H23Cl2N3O4/c1-16(35)32-17-10-12-18(13-11-17)33-23(36)14-15-34-26(37)24-25(27(34)38)29(31)20-7-3-2-6-19(20)28(24,30)21-8-4-5-9-22(21)29/h2-13,24-25H,14-15H2,1H3,(H,32,35)(H,33,36)/t24-,25-,28?,29?/m0/s1. The Hall–Kier alpha value is -3.68. The van der Waals surface area contributed by atoms with Crippen LogP contribution in [0.4, 0.5) is 11.4 Å². The molecule has 1 fully saturated rings. The van der Waals surface area contributed by atoms with Gasteiger partial charge >= 0.3 is 0 Å². The monoisotopic (exact) mass is 547 g/mol. The van der Waals surface area contributed by atoms with Crippen molar-refractivity contribution in [2.45, 2.75) is 23.1 Å². The third-order valence-electron chi connectivity index (χ3n) is 7.73. The van der Waals surface area contributed by atoms with Crippen LogP contribution in [0.1, 0.15) is 35.6 Å². The molecule has 38 heavy (non-hydrogen) atoms. The van der Waals surface area contributed by atoms with E-state index in [1.807, 2.05) is 48.5 Å². The number of amides is 4. The molecular formula is C29H23Cl2N3O4. The second kappa shape index (κ2) is 8.68. The van der Waals surface area contributed by atoms with Crippen LogP contribution in [0, 0.1) is 11.8 Å². The van der Waals surface area contributed by atoms with Gasteiger partial charge in [0.05, 0.1) is 11.8 Å². The molecule has 0 unspecified atom stereocenters. The lowest BCUT2D eigenvalue weighted by atomic mass is 9.54. The van der Waals surface area contributed by atoms with Crippen molar-refractivity contribution < 1.29 is 19.2 Å². The molecule has 7 rings (SSSR count). The van der Waals surface area contributed by atoms with Crippen molar-refractivity contribution in [1.29, 1.82) is 0 Å². The molecule has 2 N–H and O–H groups in total. The number of benzene rings is 3. The zero-order chi connectivity index (χ0) is 26.8. The molecule has 4 aliphatic rings. The SMILES string of the molecule is CC(=O)Nc1ccc(NC(=O)CCN2C(=O)[C@@H]3[C@@H](C2=O)C2(Cl)c4ccccc4C3(Cl)c3ccccc32)cc1. The van der Waals surface area contributed by atoms with Crippen molar-refractivity contribution >= 4 is 58.2 Å². The fraction of sp³-hybridized carbons (Fsp3) is 0.241. The lowest BCUT2D eigenvalue weighted by molar-refractivity contribution is -0.140. The van der Waals surface area contributed by atoms with Crippen LogP contribution in [-0.4, -0.2) is 35.1 Å². The summed E-state index contributed by atoms with van der Waals surface area (Å²) in [5.41, 5.74) is 4.08. The smallest absolute Gasteiger partial charge is 0.235 e. The first-order valence-electron chi connectivity index (χ1n) is 12.3. The molecular weight excluding hydrogens is 525 g/mol. The molecule has 2 atom stereocenters. The fourth-order valence-corrected chi connectivity index (χ4v) is 7.32. The topological polar surface area (TPSA) is 95.6 Å². The Bertz CT molecular complexity index is 1400. The first-order chi connectivity index (χ1) is 18.2. The van der Waals surface area contributed by atoms with Gasteiger partial charge in [-0.1, -0.05) is 48.5 Å². The summed E-state index contributed by atoms with van der Waals surface area (Å²) >= 11 is 14.8. The Kier molecular flexibility index (Phi) is 5.63. The summed E-state index contributed by atoms with van der Waals surface area (Å²) in [7, 11) is 0. The van der Waals surface area contributed by atoms with E-state index in [9.17, 15) is 19.2 Å². The van der Waals surface area contributed by atoms with Crippen LogP contribution in [0.15, 0.2) is 72.8 Å². The van der Waals surface area contributed by atoms with Gasteiger partial charge in [-0.2, -0.15) is 0 Å². The maximum absolute atomic E-state index is 13.8. The highest BCUT2D eigenvalue weighted by Gasteiger charge is 2.72. The Labute approximate surface area is 229 Å². The number of imide groups is 1. The molecule has 9 heteroatoms. The summed E-state index contributed by atoms with van der Waals surface area (Å²) in [6.45, 7) is 1.32. The largest absolute Gasteiger partial charge is 0.326 e. The number of carbonyl (C=O) groups is 4. The van der Waals surface area contributed by atoms with E-state index in [1.165, 1.54) is 6.92 Å². The van der Waals surface area contributed by atoms with Crippen LogP contribution in [0.3, 0.4) is 0 Å². The predicted molar refractivity (Wildman–Crippen MR) is 144 cm³/mol. The summed E-state index contributed by atoms with van der Waals surface area (Å²) < 4.78 is 0. The second-order valence-corrected chi connectivity index (χ2v) is 11.0. The summed E-state index contributed by atoms with van der Waals surface area (Å²) in [6, 6.07) is 21.6. The maximum atomic E-state index is 13.8. The fourth-order valence-electron chi connectivity index (χ4n) is 6.22. The van der Waals surface area contributed by atoms with Crippen LogP contribution in [0.5, 0.6) is 0 Å².